The molecular formula is C14H20ClNO. The molecule has 1 aliphatic rings. The average Bonchev–Trinajstić information content (AvgIpc) is 2.28. The second-order valence-corrected chi connectivity index (χ2v) is 5.33. The van der Waals surface area contributed by atoms with Gasteiger partial charge in [0, 0.05) is 24.7 Å². The van der Waals surface area contributed by atoms with Gasteiger partial charge in [-0.15, -0.1) is 0 Å². The van der Waals surface area contributed by atoms with Crippen LogP contribution in [0, 0.1) is 0 Å². The Morgan fingerprint density at radius 1 is 1.47 bits per heavy atom. The molecular weight excluding hydrogens is 234 g/mol. The summed E-state index contributed by atoms with van der Waals surface area (Å²) < 4.78 is 5.60. The Morgan fingerprint density at radius 3 is 2.76 bits per heavy atom. The first-order valence-corrected chi connectivity index (χ1v) is 6.57. The summed E-state index contributed by atoms with van der Waals surface area (Å²) in [5, 5.41) is 4.33. The summed E-state index contributed by atoms with van der Waals surface area (Å²) in [6.07, 6.45) is 3.61. The van der Waals surface area contributed by atoms with Crippen LogP contribution in [0.5, 0.6) is 0 Å². The summed E-state index contributed by atoms with van der Waals surface area (Å²) in [4.78, 5) is 0. The molecule has 0 radical (unpaired) electrons. The molecule has 0 aromatic heterocycles. The number of nitrogens with one attached hydrogen (secondary N) is 1. The first-order valence-electron chi connectivity index (χ1n) is 6.19. The highest BCUT2D eigenvalue weighted by atomic mass is 35.5. The highest BCUT2D eigenvalue weighted by Gasteiger charge is 2.36. The van der Waals surface area contributed by atoms with E-state index >= 15 is 0 Å². The fourth-order valence-corrected chi connectivity index (χ4v) is 2.46. The van der Waals surface area contributed by atoms with Crippen LogP contribution in [0.4, 0.5) is 0 Å². The molecule has 1 unspecified atom stereocenters. The first-order chi connectivity index (χ1) is 8.15. The molecule has 0 spiro atoms. The van der Waals surface area contributed by atoms with Crippen molar-refractivity contribution >= 4 is 11.6 Å². The van der Waals surface area contributed by atoms with Crippen LogP contribution in [-0.4, -0.2) is 19.3 Å². The van der Waals surface area contributed by atoms with Crippen LogP contribution in [0.15, 0.2) is 24.3 Å². The summed E-state index contributed by atoms with van der Waals surface area (Å²) in [5.74, 6) is 0. The van der Waals surface area contributed by atoms with Crippen molar-refractivity contribution in [3.63, 3.8) is 0 Å². The van der Waals surface area contributed by atoms with Crippen LogP contribution in [0.2, 0.25) is 5.02 Å². The van der Waals surface area contributed by atoms with Gasteiger partial charge in [0.2, 0.25) is 0 Å². The van der Waals surface area contributed by atoms with Crippen LogP contribution in [0.1, 0.15) is 37.8 Å². The third-order valence-corrected chi connectivity index (χ3v) is 4.01. The molecule has 1 aliphatic carbocycles. The summed E-state index contributed by atoms with van der Waals surface area (Å²) in [6.45, 7) is 3.07. The summed E-state index contributed by atoms with van der Waals surface area (Å²) in [5.41, 5.74) is 1.30. The van der Waals surface area contributed by atoms with Gasteiger partial charge in [-0.3, -0.25) is 0 Å². The molecule has 1 fully saturated rings. The van der Waals surface area contributed by atoms with E-state index in [2.05, 4.69) is 18.3 Å². The molecule has 94 valence electrons. The van der Waals surface area contributed by atoms with Crippen molar-refractivity contribution in [1.82, 2.24) is 5.32 Å². The zero-order chi connectivity index (χ0) is 12.3. The van der Waals surface area contributed by atoms with E-state index < -0.39 is 0 Å². The maximum Gasteiger partial charge on any atom is 0.0802 e. The van der Waals surface area contributed by atoms with Crippen molar-refractivity contribution in [3.8, 4) is 0 Å². The standard InChI is InChI=1S/C14H20ClNO/c1-11(12-5-3-6-13(15)9-12)16-10-14(17-2)7-4-8-14/h3,5-6,9,11,16H,4,7-8,10H2,1-2H3. The van der Waals surface area contributed by atoms with Gasteiger partial charge in [0.25, 0.3) is 0 Å². The van der Waals surface area contributed by atoms with E-state index in [9.17, 15) is 0 Å². The fourth-order valence-electron chi connectivity index (χ4n) is 2.26. The van der Waals surface area contributed by atoms with E-state index in [1.54, 1.807) is 0 Å². The van der Waals surface area contributed by atoms with Gasteiger partial charge in [0.1, 0.15) is 0 Å². The van der Waals surface area contributed by atoms with Crippen LogP contribution < -0.4 is 5.32 Å². The molecule has 1 N–H and O–H groups in total. The van der Waals surface area contributed by atoms with Gasteiger partial charge >= 0.3 is 0 Å². The van der Waals surface area contributed by atoms with Crippen molar-refractivity contribution in [3.05, 3.63) is 34.9 Å². The molecule has 0 saturated heterocycles. The lowest BCUT2D eigenvalue weighted by Crippen LogP contribution is -2.48. The van der Waals surface area contributed by atoms with Crippen LogP contribution in [-0.2, 0) is 4.74 Å². The molecule has 2 rings (SSSR count). The number of hydrogen-bond acceptors (Lipinski definition) is 2. The van der Waals surface area contributed by atoms with Crippen molar-refractivity contribution in [2.75, 3.05) is 13.7 Å². The molecule has 1 aromatic carbocycles. The lowest BCUT2D eigenvalue weighted by atomic mass is 9.80. The number of methoxy groups -OCH3 is 1. The van der Waals surface area contributed by atoms with E-state index in [0.29, 0.717) is 6.04 Å². The van der Waals surface area contributed by atoms with E-state index in [-0.39, 0.29) is 5.60 Å². The number of ether oxygens (including phenoxy) is 1. The quantitative estimate of drug-likeness (QED) is 0.866. The predicted molar refractivity (Wildman–Crippen MR) is 71.5 cm³/mol. The molecule has 17 heavy (non-hydrogen) atoms. The van der Waals surface area contributed by atoms with E-state index in [4.69, 9.17) is 16.3 Å². The number of hydrogen-bond donors (Lipinski definition) is 1. The largest absolute Gasteiger partial charge is 0.377 e. The van der Waals surface area contributed by atoms with Gasteiger partial charge in [-0.2, -0.15) is 0 Å². The van der Waals surface area contributed by atoms with Crippen molar-refractivity contribution in [2.24, 2.45) is 0 Å². The van der Waals surface area contributed by atoms with Crippen molar-refractivity contribution in [1.29, 1.82) is 0 Å². The van der Waals surface area contributed by atoms with Gasteiger partial charge < -0.3 is 10.1 Å². The Kier molecular flexibility index (Phi) is 4.08. The minimum Gasteiger partial charge on any atom is -0.377 e. The summed E-state index contributed by atoms with van der Waals surface area (Å²) >= 11 is 5.99. The van der Waals surface area contributed by atoms with Gasteiger partial charge in [0.15, 0.2) is 0 Å². The minimum atomic E-state index is 0.0762. The topological polar surface area (TPSA) is 21.3 Å². The second kappa shape index (κ2) is 5.38. The number of benzene rings is 1. The Morgan fingerprint density at radius 2 is 2.24 bits per heavy atom. The monoisotopic (exact) mass is 253 g/mol. The SMILES string of the molecule is COC1(CNC(C)c2cccc(Cl)c2)CCC1. The summed E-state index contributed by atoms with van der Waals surface area (Å²) in [6, 6.07) is 8.32. The number of halogens is 1. The van der Waals surface area contributed by atoms with Gasteiger partial charge in [-0.05, 0) is 43.9 Å². The highest BCUT2D eigenvalue weighted by Crippen LogP contribution is 2.34. The van der Waals surface area contributed by atoms with E-state index in [1.165, 1.54) is 24.8 Å². The van der Waals surface area contributed by atoms with Gasteiger partial charge in [0.05, 0.1) is 5.60 Å². The molecule has 1 saturated carbocycles. The molecule has 0 heterocycles. The molecule has 2 nitrogen and oxygen atoms in total. The van der Waals surface area contributed by atoms with Crippen molar-refractivity contribution in [2.45, 2.75) is 37.8 Å². The molecule has 0 amide bonds. The van der Waals surface area contributed by atoms with Crippen LogP contribution >= 0.6 is 11.6 Å². The molecule has 0 aliphatic heterocycles. The predicted octanol–water partition coefficient (Wildman–Crippen LogP) is 3.56. The smallest absolute Gasteiger partial charge is 0.0802 e. The Balaban J connectivity index is 1.91. The number of rotatable bonds is 5. The lowest BCUT2D eigenvalue weighted by Gasteiger charge is -2.41. The van der Waals surface area contributed by atoms with E-state index in [1.807, 2.05) is 25.3 Å². The highest BCUT2D eigenvalue weighted by molar-refractivity contribution is 6.30. The minimum absolute atomic E-state index is 0.0762. The first kappa shape index (κ1) is 12.9. The van der Waals surface area contributed by atoms with Crippen LogP contribution in [0.3, 0.4) is 0 Å². The Hall–Kier alpha value is -0.570. The molecule has 1 atom stereocenters. The molecule has 0 bridgehead atoms. The third-order valence-electron chi connectivity index (χ3n) is 3.78. The normalized spacial score (nSPS) is 19.7. The zero-order valence-electron chi connectivity index (χ0n) is 10.5. The zero-order valence-corrected chi connectivity index (χ0v) is 11.3. The Labute approximate surface area is 108 Å². The second-order valence-electron chi connectivity index (χ2n) is 4.90. The lowest BCUT2D eigenvalue weighted by molar-refractivity contribution is -0.0706. The maximum atomic E-state index is 5.99. The maximum absolute atomic E-state index is 5.99. The van der Waals surface area contributed by atoms with Gasteiger partial charge in [-0.1, -0.05) is 23.7 Å². The Bertz CT molecular complexity index is 371. The van der Waals surface area contributed by atoms with Crippen molar-refractivity contribution < 1.29 is 4.74 Å². The summed E-state index contributed by atoms with van der Waals surface area (Å²) in [7, 11) is 1.81. The van der Waals surface area contributed by atoms with E-state index in [0.717, 1.165) is 11.6 Å². The fraction of sp³-hybridized carbons (Fsp3) is 0.571. The third kappa shape index (κ3) is 3.01. The molecule has 3 heteroatoms. The van der Waals surface area contributed by atoms with Gasteiger partial charge in [-0.25, -0.2) is 0 Å². The van der Waals surface area contributed by atoms with Crippen LogP contribution in [0.25, 0.3) is 0 Å². The molecule has 1 aromatic rings. The average molecular weight is 254 g/mol.